The number of benzene rings is 3. The lowest BCUT2D eigenvalue weighted by Gasteiger charge is -2.36. The van der Waals surface area contributed by atoms with Crippen molar-refractivity contribution in [2.24, 2.45) is 0 Å². The van der Waals surface area contributed by atoms with Gasteiger partial charge in [-0.05, 0) is 41.5 Å². The molecule has 0 radical (unpaired) electrons. The fraction of sp³-hybridized carbons (Fsp3) is 0.308. The van der Waals surface area contributed by atoms with E-state index < -0.39 is 12.2 Å². The number of β-amino-alcohol motifs (C(OH)–C–C–N with tert-alkyl or cyclic N) is 1. The molecule has 7 nitrogen and oxygen atoms in total. The van der Waals surface area contributed by atoms with E-state index in [1.54, 1.807) is 42.5 Å². The molecule has 3 aromatic carbocycles. The molecule has 4 rings (SSSR count). The van der Waals surface area contributed by atoms with E-state index in [9.17, 15) is 24.0 Å². The summed E-state index contributed by atoms with van der Waals surface area (Å²) in [5, 5.41) is 22.0. The summed E-state index contributed by atoms with van der Waals surface area (Å²) in [5.41, 5.74) is 2.08. The second kappa shape index (κ2) is 11.4. The predicted molar refractivity (Wildman–Crippen MR) is 128 cm³/mol. The Morgan fingerprint density at radius 2 is 1.43 bits per heavy atom. The van der Waals surface area contributed by atoms with Crippen LogP contribution in [0.4, 0.5) is 20.2 Å². The largest absolute Gasteiger partial charge is 0.389 e. The lowest BCUT2D eigenvalue weighted by Crippen LogP contribution is -2.49. The van der Waals surface area contributed by atoms with Gasteiger partial charge in [0.05, 0.1) is 17.6 Å². The van der Waals surface area contributed by atoms with Gasteiger partial charge in [0.25, 0.3) is 5.69 Å². The molecule has 184 valence electrons. The number of rotatable bonds is 9. The number of hydrogen-bond donors (Lipinski definition) is 1. The van der Waals surface area contributed by atoms with Crippen LogP contribution in [0.15, 0.2) is 72.8 Å². The number of para-hydroxylation sites is 2. The first-order valence-corrected chi connectivity index (χ1v) is 11.4. The van der Waals surface area contributed by atoms with Crippen LogP contribution in [0.2, 0.25) is 0 Å². The Morgan fingerprint density at radius 3 is 1.97 bits per heavy atom. The van der Waals surface area contributed by atoms with E-state index in [0.717, 1.165) is 0 Å². The average Bonchev–Trinajstić information content (AvgIpc) is 2.86. The summed E-state index contributed by atoms with van der Waals surface area (Å²) in [6.07, 6.45) is -1.36. The zero-order chi connectivity index (χ0) is 24.8. The highest BCUT2D eigenvalue weighted by Crippen LogP contribution is 2.29. The first-order valence-electron chi connectivity index (χ1n) is 11.4. The molecule has 0 aromatic heterocycles. The van der Waals surface area contributed by atoms with E-state index in [1.165, 1.54) is 30.3 Å². The van der Waals surface area contributed by atoms with Gasteiger partial charge in [0.2, 0.25) is 0 Å². The minimum Gasteiger partial charge on any atom is -0.389 e. The molecule has 1 aliphatic heterocycles. The molecule has 0 saturated carbocycles. The van der Waals surface area contributed by atoms with Crippen LogP contribution < -0.4 is 4.90 Å². The monoisotopic (exact) mass is 483 g/mol. The van der Waals surface area contributed by atoms with Crippen LogP contribution >= 0.6 is 0 Å². The van der Waals surface area contributed by atoms with E-state index in [4.69, 9.17) is 4.74 Å². The van der Waals surface area contributed by atoms with E-state index in [-0.39, 0.29) is 28.9 Å². The zero-order valence-electron chi connectivity index (χ0n) is 19.1. The zero-order valence-corrected chi connectivity index (χ0v) is 19.1. The fourth-order valence-corrected chi connectivity index (χ4v) is 4.28. The summed E-state index contributed by atoms with van der Waals surface area (Å²) in [6, 6.07) is 18.5. The molecule has 1 aliphatic rings. The van der Waals surface area contributed by atoms with Crippen LogP contribution in [0, 0.1) is 21.7 Å². The smallest absolute Gasteiger partial charge is 0.292 e. The molecule has 35 heavy (non-hydrogen) atoms. The quantitative estimate of drug-likeness (QED) is 0.364. The number of nitro benzene ring substituents is 1. The standard InChI is InChI=1S/C26H27F2N3O4/c27-21-9-5-19(6-10-21)26(20-7-11-22(28)12-8-20)35-18-23(32)17-29-13-15-30(16-14-29)24-3-1-2-4-25(24)31(33)34/h1-12,23,26,32H,13-18H2. The molecule has 3 aromatic rings. The molecule has 9 heteroatoms. The number of ether oxygens (including phenoxy) is 1. The summed E-state index contributed by atoms with van der Waals surface area (Å²) in [6.45, 7) is 2.90. The van der Waals surface area contributed by atoms with Crippen molar-refractivity contribution in [1.82, 2.24) is 4.90 Å². The van der Waals surface area contributed by atoms with Crippen LogP contribution in [0.25, 0.3) is 0 Å². The molecule has 0 bridgehead atoms. The van der Waals surface area contributed by atoms with Gasteiger partial charge < -0.3 is 14.7 Å². The van der Waals surface area contributed by atoms with Crippen LogP contribution in [0.3, 0.4) is 0 Å². The molecule has 1 fully saturated rings. The third-order valence-electron chi connectivity index (χ3n) is 6.06. The van der Waals surface area contributed by atoms with Gasteiger partial charge >= 0.3 is 0 Å². The third-order valence-corrected chi connectivity index (χ3v) is 6.06. The van der Waals surface area contributed by atoms with Crippen molar-refractivity contribution in [2.45, 2.75) is 12.2 Å². The number of aliphatic hydroxyl groups excluding tert-OH is 1. The topological polar surface area (TPSA) is 79.1 Å². The normalized spacial score (nSPS) is 15.4. The lowest BCUT2D eigenvalue weighted by molar-refractivity contribution is -0.384. The maximum atomic E-state index is 13.4. The molecule has 1 unspecified atom stereocenters. The number of piperazine rings is 1. The van der Waals surface area contributed by atoms with Crippen molar-refractivity contribution < 1.29 is 23.5 Å². The van der Waals surface area contributed by atoms with Crippen molar-refractivity contribution >= 4 is 11.4 Å². The summed E-state index contributed by atoms with van der Waals surface area (Å²) < 4.78 is 32.8. The highest BCUT2D eigenvalue weighted by Gasteiger charge is 2.25. The molecule has 1 heterocycles. The fourth-order valence-electron chi connectivity index (χ4n) is 4.28. The number of nitrogens with zero attached hydrogens (tertiary/aromatic N) is 3. The van der Waals surface area contributed by atoms with Crippen molar-refractivity contribution in [3.05, 3.63) is 106 Å². The number of nitro groups is 1. The Hall–Kier alpha value is -3.40. The Balaban J connectivity index is 1.34. The van der Waals surface area contributed by atoms with Crippen LogP contribution in [0.5, 0.6) is 0 Å². The van der Waals surface area contributed by atoms with Gasteiger partial charge in [0.1, 0.15) is 23.4 Å². The van der Waals surface area contributed by atoms with Crippen LogP contribution in [-0.4, -0.2) is 60.4 Å². The molecule has 0 amide bonds. The van der Waals surface area contributed by atoms with Gasteiger partial charge in [0.15, 0.2) is 0 Å². The van der Waals surface area contributed by atoms with Crippen molar-refractivity contribution in [3.8, 4) is 0 Å². The second-order valence-electron chi connectivity index (χ2n) is 8.50. The van der Waals surface area contributed by atoms with Crippen molar-refractivity contribution in [2.75, 3.05) is 44.2 Å². The van der Waals surface area contributed by atoms with Gasteiger partial charge in [-0.25, -0.2) is 8.78 Å². The molecule has 0 spiro atoms. The minimum absolute atomic E-state index is 0.0315. The van der Waals surface area contributed by atoms with E-state index in [1.807, 2.05) is 4.90 Å². The summed E-state index contributed by atoms with van der Waals surface area (Å²) in [7, 11) is 0. The summed E-state index contributed by atoms with van der Waals surface area (Å²) in [4.78, 5) is 15.0. The SMILES string of the molecule is O=[N+]([O-])c1ccccc1N1CCN(CC(O)COC(c2ccc(F)cc2)c2ccc(F)cc2)CC1. The Bertz CT molecular complexity index is 1070. The molecular formula is C26H27F2N3O4. The Labute approximate surface area is 202 Å². The van der Waals surface area contributed by atoms with Gasteiger partial charge in [-0.2, -0.15) is 0 Å². The molecule has 0 aliphatic carbocycles. The van der Waals surface area contributed by atoms with Gasteiger partial charge in [-0.1, -0.05) is 36.4 Å². The number of hydrogen-bond acceptors (Lipinski definition) is 6. The number of halogens is 2. The molecule has 1 saturated heterocycles. The minimum atomic E-state index is -0.781. The van der Waals surface area contributed by atoms with Gasteiger partial charge in [0, 0.05) is 38.8 Å². The molecule has 1 atom stereocenters. The highest BCUT2D eigenvalue weighted by molar-refractivity contribution is 5.63. The second-order valence-corrected chi connectivity index (χ2v) is 8.50. The van der Waals surface area contributed by atoms with E-state index >= 15 is 0 Å². The van der Waals surface area contributed by atoms with E-state index in [0.29, 0.717) is 49.5 Å². The first-order chi connectivity index (χ1) is 16.9. The lowest BCUT2D eigenvalue weighted by atomic mass is 10.0. The maximum absolute atomic E-state index is 13.4. The predicted octanol–water partition coefficient (Wildman–Crippen LogP) is 4.16. The molecular weight excluding hydrogens is 456 g/mol. The van der Waals surface area contributed by atoms with Crippen LogP contribution in [-0.2, 0) is 4.74 Å². The van der Waals surface area contributed by atoms with E-state index in [2.05, 4.69) is 4.90 Å². The average molecular weight is 484 g/mol. The Kier molecular flexibility index (Phi) is 8.02. The number of anilines is 1. The summed E-state index contributed by atoms with van der Waals surface area (Å²) in [5.74, 6) is -0.738. The maximum Gasteiger partial charge on any atom is 0.292 e. The number of aliphatic hydroxyl groups is 1. The van der Waals surface area contributed by atoms with Gasteiger partial charge in [-0.15, -0.1) is 0 Å². The van der Waals surface area contributed by atoms with Crippen molar-refractivity contribution in [1.29, 1.82) is 0 Å². The highest BCUT2D eigenvalue weighted by atomic mass is 19.1. The third kappa shape index (κ3) is 6.39. The summed E-state index contributed by atoms with van der Waals surface area (Å²) >= 11 is 0. The van der Waals surface area contributed by atoms with Crippen molar-refractivity contribution in [3.63, 3.8) is 0 Å². The first kappa shape index (κ1) is 24.7. The van der Waals surface area contributed by atoms with Crippen LogP contribution in [0.1, 0.15) is 17.2 Å². The molecule has 1 N–H and O–H groups in total. The Morgan fingerprint density at radius 1 is 0.886 bits per heavy atom. The van der Waals surface area contributed by atoms with Gasteiger partial charge in [-0.3, -0.25) is 15.0 Å².